The van der Waals surface area contributed by atoms with E-state index in [0.717, 1.165) is 27.7 Å². The summed E-state index contributed by atoms with van der Waals surface area (Å²) in [4.78, 5) is 0.180. The van der Waals surface area contributed by atoms with E-state index in [1.165, 1.54) is 29.2 Å². The second-order valence-electron chi connectivity index (χ2n) is 12.4. The van der Waals surface area contributed by atoms with E-state index >= 15 is 0 Å². The lowest BCUT2D eigenvalue weighted by Gasteiger charge is -2.32. The van der Waals surface area contributed by atoms with E-state index in [0.29, 0.717) is 19.3 Å². The van der Waals surface area contributed by atoms with Gasteiger partial charge >= 0.3 is 7.12 Å². The number of rotatable bonds is 6. The molecule has 2 aliphatic rings. The van der Waals surface area contributed by atoms with E-state index < -0.39 is 33.8 Å². The Labute approximate surface area is 240 Å². The SMILES string of the molecule is Cc1cc2c(cnn2-c2ccc(F)cc2)cc1C1(CB2OC(C)(C)C(C)(C)O2)CCN(S(=O)(=O)c2cnn(C)c2)C1. The van der Waals surface area contributed by atoms with Crippen molar-refractivity contribution in [2.75, 3.05) is 13.1 Å². The molecule has 4 aromatic rings. The van der Waals surface area contributed by atoms with Gasteiger partial charge in [-0.3, -0.25) is 4.68 Å². The predicted octanol–water partition coefficient (Wildman–Crippen LogP) is 4.63. The van der Waals surface area contributed by atoms with Crippen molar-refractivity contribution in [3.8, 4) is 5.69 Å². The fourth-order valence-electron chi connectivity index (χ4n) is 6.12. The largest absolute Gasteiger partial charge is 0.458 e. The van der Waals surface area contributed by atoms with Gasteiger partial charge in [0.25, 0.3) is 0 Å². The minimum absolute atomic E-state index is 0.180. The summed E-state index contributed by atoms with van der Waals surface area (Å²) in [6.45, 7) is 10.8. The maximum Gasteiger partial charge on any atom is 0.458 e. The van der Waals surface area contributed by atoms with Crippen molar-refractivity contribution >= 4 is 28.0 Å². The number of hydrogen-bond donors (Lipinski definition) is 0. The molecule has 2 saturated heterocycles. The highest BCUT2D eigenvalue weighted by Gasteiger charge is 2.55. The molecule has 2 aromatic carbocycles. The van der Waals surface area contributed by atoms with Crippen molar-refractivity contribution < 1.29 is 22.1 Å². The van der Waals surface area contributed by atoms with Crippen LogP contribution in [0.1, 0.15) is 45.2 Å². The van der Waals surface area contributed by atoms with Crippen molar-refractivity contribution in [1.29, 1.82) is 0 Å². The number of aromatic nitrogens is 4. The van der Waals surface area contributed by atoms with Gasteiger partial charge in [-0.2, -0.15) is 14.5 Å². The molecule has 0 bridgehead atoms. The zero-order valence-corrected chi connectivity index (χ0v) is 25.1. The van der Waals surface area contributed by atoms with Crippen LogP contribution in [-0.2, 0) is 31.8 Å². The number of fused-ring (bicyclic) bond motifs is 1. The Kier molecular flexibility index (Phi) is 6.50. The Morgan fingerprint density at radius 1 is 1.02 bits per heavy atom. The van der Waals surface area contributed by atoms with Crippen LogP contribution in [0.25, 0.3) is 16.6 Å². The van der Waals surface area contributed by atoms with Crippen LogP contribution in [0.15, 0.2) is 59.9 Å². The molecule has 216 valence electrons. The molecule has 2 aliphatic heterocycles. The Hall–Kier alpha value is -3.06. The first kappa shape index (κ1) is 28.1. The third-order valence-electron chi connectivity index (χ3n) is 9.05. The van der Waals surface area contributed by atoms with Crippen molar-refractivity contribution in [1.82, 2.24) is 23.9 Å². The maximum absolute atomic E-state index is 13.7. The highest BCUT2D eigenvalue weighted by molar-refractivity contribution is 7.89. The number of benzene rings is 2. The molecule has 0 saturated carbocycles. The highest BCUT2D eigenvalue weighted by atomic mass is 32.2. The Morgan fingerprint density at radius 2 is 1.71 bits per heavy atom. The summed E-state index contributed by atoms with van der Waals surface area (Å²) in [5, 5.41) is 9.59. The lowest BCUT2D eigenvalue weighted by atomic mass is 9.63. The standard InChI is InChI=1S/C29H35BFN5O4S/c1-20-13-26-21(15-33-36(26)23-9-7-22(31)8-10-23)14-25(20)29(18-30-39-27(2,3)28(4,5)40-30)11-12-35(19-29)41(37,38)24-16-32-34(6)17-24/h7-10,13-17H,11-12,18-19H2,1-6H3. The van der Waals surface area contributed by atoms with Crippen LogP contribution in [0.5, 0.6) is 0 Å². The van der Waals surface area contributed by atoms with Crippen LogP contribution in [0.3, 0.4) is 0 Å². The molecule has 1 unspecified atom stereocenters. The van der Waals surface area contributed by atoms with Gasteiger partial charge in [0.05, 0.1) is 34.8 Å². The lowest BCUT2D eigenvalue weighted by Crippen LogP contribution is -2.41. The first-order valence-corrected chi connectivity index (χ1v) is 15.2. The summed E-state index contributed by atoms with van der Waals surface area (Å²) in [5.41, 5.74) is 2.13. The van der Waals surface area contributed by atoms with Crippen molar-refractivity contribution in [3.05, 3.63) is 71.9 Å². The molecule has 12 heteroatoms. The maximum atomic E-state index is 13.7. The van der Waals surface area contributed by atoms with Crippen LogP contribution in [-0.4, -0.2) is 63.7 Å². The van der Waals surface area contributed by atoms with Crippen LogP contribution >= 0.6 is 0 Å². The number of halogens is 1. The molecule has 1 atom stereocenters. The zero-order valence-electron chi connectivity index (χ0n) is 24.3. The highest BCUT2D eigenvalue weighted by Crippen LogP contribution is 2.47. The molecule has 0 N–H and O–H groups in total. The summed E-state index contributed by atoms with van der Waals surface area (Å²) in [6, 6.07) is 10.4. The zero-order chi connectivity index (χ0) is 29.4. The van der Waals surface area contributed by atoms with Gasteiger partial charge in [0.15, 0.2) is 0 Å². The molecule has 2 fully saturated rings. The molecule has 9 nitrogen and oxygen atoms in total. The second-order valence-corrected chi connectivity index (χ2v) is 14.3. The van der Waals surface area contributed by atoms with E-state index in [9.17, 15) is 12.8 Å². The Balaban J connectivity index is 1.42. The molecule has 4 heterocycles. The fourth-order valence-corrected chi connectivity index (χ4v) is 7.64. The van der Waals surface area contributed by atoms with E-state index in [1.807, 2.05) is 34.6 Å². The van der Waals surface area contributed by atoms with Crippen molar-refractivity contribution in [2.45, 2.75) is 68.9 Å². The van der Waals surface area contributed by atoms with Gasteiger partial charge in [-0.05, 0) is 94.9 Å². The topological polar surface area (TPSA) is 91.5 Å². The summed E-state index contributed by atoms with van der Waals surface area (Å²) in [7, 11) is -2.54. The van der Waals surface area contributed by atoms with Gasteiger partial charge in [-0.25, -0.2) is 17.5 Å². The van der Waals surface area contributed by atoms with E-state index in [-0.39, 0.29) is 17.3 Å². The Morgan fingerprint density at radius 3 is 2.34 bits per heavy atom. The summed E-state index contributed by atoms with van der Waals surface area (Å²) in [5.74, 6) is -0.305. The molecular formula is C29H35BFN5O4S. The Bertz CT molecular complexity index is 1720. The molecule has 41 heavy (non-hydrogen) atoms. The first-order chi connectivity index (χ1) is 19.2. The molecule has 2 aromatic heterocycles. The number of hydrogen-bond acceptors (Lipinski definition) is 6. The van der Waals surface area contributed by atoms with Gasteiger partial charge in [0, 0.05) is 37.1 Å². The average molecular weight is 580 g/mol. The molecule has 0 amide bonds. The van der Waals surface area contributed by atoms with E-state index in [1.54, 1.807) is 34.4 Å². The van der Waals surface area contributed by atoms with E-state index in [2.05, 4.69) is 22.3 Å². The first-order valence-electron chi connectivity index (χ1n) is 13.8. The molecule has 0 spiro atoms. The van der Waals surface area contributed by atoms with Crippen LogP contribution in [0.4, 0.5) is 4.39 Å². The smallest absolute Gasteiger partial charge is 0.403 e. The number of nitrogens with zero attached hydrogens (tertiary/aromatic N) is 5. The third-order valence-corrected chi connectivity index (χ3v) is 10.9. The van der Waals surface area contributed by atoms with Crippen LogP contribution in [0.2, 0.25) is 6.32 Å². The van der Waals surface area contributed by atoms with Gasteiger partial charge in [-0.1, -0.05) is 0 Å². The average Bonchev–Trinajstić information content (AvgIpc) is 3.65. The van der Waals surface area contributed by atoms with Gasteiger partial charge in [0.1, 0.15) is 10.7 Å². The summed E-state index contributed by atoms with van der Waals surface area (Å²) >= 11 is 0. The van der Waals surface area contributed by atoms with Gasteiger partial charge in [0.2, 0.25) is 10.0 Å². The molecule has 0 radical (unpaired) electrons. The second kappa shape index (κ2) is 9.48. The molecular weight excluding hydrogens is 544 g/mol. The number of sulfonamides is 1. The summed E-state index contributed by atoms with van der Waals surface area (Å²) < 4.78 is 58.6. The minimum atomic E-state index is -3.75. The van der Waals surface area contributed by atoms with Crippen molar-refractivity contribution in [3.63, 3.8) is 0 Å². The molecule has 6 rings (SSSR count). The lowest BCUT2D eigenvalue weighted by molar-refractivity contribution is 0.00578. The normalized spacial score (nSPS) is 22.7. The quantitative estimate of drug-likeness (QED) is 0.310. The van der Waals surface area contributed by atoms with Gasteiger partial charge in [-0.15, -0.1) is 0 Å². The predicted molar refractivity (Wildman–Crippen MR) is 155 cm³/mol. The fraction of sp³-hybridized carbons (Fsp3) is 0.448. The minimum Gasteiger partial charge on any atom is -0.403 e. The molecule has 0 aliphatic carbocycles. The van der Waals surface area contributed by atoms with Crippen LogP contribution < -0.4 is 0 Å². The number of aryl methyl sites for hydroxylation is 2. The van der Waals surface area contributed by atoms with Crippen molar-refractivity contribution in [2.24, 2.45) is 7.05 Å². The van der Waals surface area contributed by atoms with Crippen LogP contribution in [0, 0.1) is 12.7 Å². The van der Waals surface area contributed by atoms with E-state index in [4.69, 9.17) is 9.31 Å². The van der Waals surface area contributed by atoms with Gasteiger partial charge < -0.3 is 9.31 Å². The monoisotopic (exact) mass is 579 g/mol. The third kappa shape index (κ3) is 4.70. The summed E-state index contributed by atoms with van der Waals surface area (Å²) in [6.07, 6.45) is 5.82.